The Morgan fingerprint density at radius 2 is 1.89 bits per heavy atom. The SMILES string of the molecule is Nc1ccc2c(c1)CN(Cc1ccc(F)cc1Br)C2. The number of hydrogen-bond donors (Lipinski definition) is 1. The summed E-state index contributed by atoms with van der Waals surface area (Å²) in [4.78, 5) is 2.32. The first-order valence-corrected chi connectivity index (χ1v) is 6.95. The summed E-state index contributed by atoms with van der Waals surface area (Å²) in [7, 11) is 0. The number of hydrogen-bond acceptors (Lipinski definition) is 2. The number of anilines is 1. The Kier molecular flexibility index (Phi) is 3.29. The maximum absolute atomic E-state index is 13.1. The van der Waals surface area contributed by atoms with Crippen LogP contribution in [0.15, 0.2) is 40.9 Å². The van der Waals surface area contributed by atoms with E-state index in [0.29, 0.717) is 0 Å². The maximum atomic E-state index is 13.1. The number of rotatable bonds is 2. The van der Waals surface area contributed by atoms with E-state index in [1.165, 1.54) is 23.3 Å². The van der Waals surface area contributed by atoms with Crippen LogP contribution < -0.4 is 5.73 Å². The highest BCUT2D eigenvalue weighted by Crippen LogP contribution is 2.28. The lowest BCUT2D eigenvalue weighted by Crippen LogP contribution is -2.15. The average Bonchev–Trinajstić information content (AvgIpc) is 2.74. The van der Waals surface area contributed by atoms with E-state index in [4.69, 9.17) is 5.73 Å². The van der Waals surface area contributed by atoms with E-state index >= 15 is 0 Å². The summed E-state index contributed by atoms with van der Waals surface area (Å²) in [6.45, 7) is 2.61. The van der Waals surface area contributed by atoms with E-state index in [2.05, 4.69) is 26.9 Å². The first kappa shape index (κ1) is 12.6. The molecule has 0 amide bonds. The molecule has 98 valence electrons. The molecule has 0 spiro atoms. The molecule has 0 unspecified atom stereocenters. The van der Waals surface area contributed by atoms with Crippen LogP contribution in [0.2, 0.25) is 0 Å². The molecule has 1 heterocycles. The Balaban J connectivity index is 1.77. The van der Waals surface area contributed by atoms with Gasteiger partial charge in [-0.3, -0.25) is 4.90 Å². The Morgan fingerprint density at radius 3 is 2.68 bits per heavy atom. The van der Waals surface area contributed by atoms with Crippen LogP contribution in [0, 0.1) is 5.82 Å². The molecule has 1 aliphatic rings. The summed E-state index contributed by atoms with van der Waals surface area (Å²) in [5.41, 5.74) is 10.3. The third kappa shape index (κ3) is 2.65. The molecule has 0 radical (unpaired) electrons. The van der Waals surface area contributed by atoms with Gasteiger partial charge in [-0.05, 0) is 41.0 Å². The predicted octanol–water partition coefficient (Wildman–Crippen LogP) is 3.69. The van der Waals surface area contributed by atoms with Gasteiger partial charge in [0.25, 0.3) is 0 Å². The normalized spacial score (nSPS) is 14.6. The zero-order valence-electron chi connectivity index (χ0n) is 10.4. The van der Waals surface area contributed by atoms with Crippen molar-refractivity contribution in [2.75, 3.05) is 5.73 Å². The summed E-state index contributed by atoms with van der Waals surface area (Å²) >= 11 is 3.41. The van der Waals surface area contributed by atoms with E-state index in [1.807, 2.05) is 18.2 Å². The van der Waals surface area contributed by atoms with Gasteiger partial charge in [0.15, 0.2) is 0 Å². The van der Waals surface area contributed by atoms with Crippen molar-refractivity contribution < 1.29 is 4.39 Å². The second-order valence-corrected chi connectivity index (χ2v) is 5.76. The van der Waals surface area contributed by atoms with Gasteiger partial charge in [0.2, 0.25) is 0 Å². The minimum absolute atomic E-state index is 0.215. The van der Waals surface area contributed by atoms with Gasteiger partial charge in [0.05, 0.1) is 0 Å². The Bertz CT molecular complexity index is 628. The fraction of sp³-hybridized carbons (Fsp3) is 0.200. The van der Waals surface area contributed by atoms with Gasteiger partial charge >= 0.3 is 0 Å². The van der Waals surface area contributed by atoms with Gasteiger partial charge in [0.1, 0.15) is 5.82 Å². The first-order chi connectivity index (χ1) is 9.11. The van der Waals surface area contributed by atoms with Gasteiger partial charge in [-0.15, -0.1) is 0 Å². The Hall–Kier alpha value is -1.39. The number of benzene rings is 2. The molecule has 0 atom stereocenters. The zero-order chi connectivity index (χ0) is 13.4. The van der Waals surface area contributed by atoms with Crippen LogP contribution >= 0.6 is 15.9 Å². The topological polar surface area (TPSA) is 29.3 Å². The molecule has 2 N–H and O–H groups in total. The molecule has 2 aromatic rings. The Labute approximate surface area is 120 Å². The lowest BCUT2D eigenvalue weighted by Gasteiger charge is -2.15. The van der Waals surface area contributed by atoms with Crippen LogP contribution in [0.3, 0.4) is 0 Å². The third-order valence-corrected chi connectivity index (χ3v) is 4.17. The minimum Gasteiger partial charge on any atom is -0.399 e. The van der Waals surface area contributed by atoms with E-state index in [0.717, 1.165) is 35.4 Å². The molecule has 0 bridgehead atoms. The summed E-state index contributed by atoms with van der Waals surface area (Å²) in [5, 5.41) is 0. The smallest absolute Gasteiger partial charge is 0.124 e. The van der Waals surface area contributed by atoms with E-state index in [1.54, 1.807) is 0 Å². The molecule has 0 fully saturated rings. The summed E-state index contributed by atoms with van der Waals surface area (Å²) in [6, 6.07) is 10.9. The van der Waals surface area contributed by atoms with E-state index in [-0.39, 0.29) is 5.82 Å². The van der Waals surface area contributed by atoms with Crippen LogP contribution in [-0.2, 0) is 19.6 Å². The molecule has 0 aromatic heterocycles. The molecular weight excluding hydrogens is 307 g/mol. The summed E-state index contributed by atoms with van der Waals surface area (Å²) in [6.07, 6.45) is 0. The highest BCUT2D eigenvalue weighted by Gasteiger charge is 2.19. The molecule has 3 rings (SSSR count). The maximum Gasteiger partial charge on any atom is 0.124 e. The van der Waals surface area contributed by atoms with Gasteiger partial charge in [-0.1, -0.05) is 28.1 Å². The number of nitrogen functional groups attached to an aromatic ring is 1. The summed E-state index contributed by atoms with van der Waals surface area (Å²) < 4.78 is 13.9. The van der Waals surface area contributed by atoms with Gasteiger partial charge < -0.3 is 5.73 Å². The van der Waals surface area contributed by atoms with Crippen molar-refractivity contribution in [2.24, 2.45) is 0 Å². The van der Waals surface area contributed by atoms with Crippen molar-refractivity contribution in [1.82, 2.24) is 4.90 Å². The molecule has 2 aromatic carbocycles. The quantitative estimate of drug-likeness (QED) is 0.855. The van der Waals surface area contributed by atoms with Crippen LogP contribution in [0.4, 0.5) is 10.1 Å². The first-order valence-electron chi connectivity index (χ1n) is 6.15. The van der Waals surface area contributed by atoms with Crippen LogP contribution in [0.5, 0.6) is 0 Å². The third-order valence-electron chi connectivity index (χ3n) is 3.43. The highest BCUT2D eigenvalue weighted by atomic mass is 79.9. The van der Waals surface area contributed by atoms with Gasteiger partial charge in [0, 0.05) is 29.8 Å². The van der Waals surface area contributed by atoms with Crippen molar-refractivity contribution in [1.29, 1.82) is 0 Å². The highest BCUT2D eigenvalue weighted by molar-refractivity contribution is 9.10. The lowest BCUT2D eigenvalue weighted by molar-refractivity contribution is 0.275. The van der Waals surface area contributed by atoms with E-state index in [9.17, 15) is 4.39 Å². The molecule has 1 aliphatic heterocycles. The van der Waals surface area contributed by atoms with Crippen molar-refractivity contribution in [3.8, 4) is 0 Å². The molecule has 0 saturated heterocycles. The fourth-order valence-electron chi connectivity index (χ4n) is 2.49. The van der Waals surface area contributed by atoms with Gasteiger partial charge in [-0.25, -0.2) is 4.39 Å². The van der Waals surface area contributed by atoms with Crippen molar-refractivity contribution >= 4 is 21.6 Å². The second-order valence-electron chi connectivity index (χ2n) is 4.91. The Morgan fingerprint density at radius 1 is 1.11 bits per heavy atom. The zero-order valence-corrected chi connectivity index (χ0v) is 12.0. The van der Waals surface area contributed by atoms with Crippen molar-refractivity contribution in [2.45, 2.75) is 19.6 Å². The lowest BCUT2D eigenvalue weighted by atomic mass is 10.1. The largest absolute Gasteiger partial charge is 0.399 e. The monoisotopic (exact) mass is 320 g/mol. The molecule has 2 nitrogen and oxygen atoms in total. The molecule has 19 heavy (non-hydrogen) atoms. The molecule has 0 saturated carbocycles. The van der Waals surface area contributed by atoms with Crippen molar-refractivity contribution in [3.63, 3.8) is 0 Å². The molecule has 4 heteroatoms. The van der Waals surface area contributed by atoms with Crippen LogP contribution in [0.25, 0.3) is 0 Å². The molecule has 0 aliphatic carbocycles. The second kappa shape index (κ2) is 4.94. The fourth-order valence-corrected chi connectivity index (χ4v) is 2.96. The number of fused-ring (bicyclic) bond motifs is 1. The van der Waals surface area contributed by atoms with Gasteiger partial charge in [-0.2, -0.15) is 0 Å². The molecular formula is C15H14BrFN2. The standard InChI is InChI=1S/C15H14BrFN2/c16-15-6-13(17)3-1-11(15)8-19-7-10-2-4-14(18)5-12(10)9-19/h1-6H,7-9,18H2. The van der Waals surface area contributed by atoms with E-state index < -0.39 is 0 Å². The predicted molar refractivity (Wildman–Crippen MR) is 77.9 cm³/mol. The number of nitrogens with zero attached hydrogens (tertiary/aromatic N) is 1. The average molecular weight is 321 g/mol. The van der Waals surface area contributed by atoms with Crippen molar-refractivity contribution in [3.05, 3.63) is 63.4 Å². The number of halogens is 2. The number of nitrogens with two attached hydrogens (primary N) is 1. The van der Waals surface area contributed by atoms with Crippen LogP contribution in [0.1, 0.15) is 16.7 Å². The summed E-state index contributed by atoms with van der Waals surface area (Å²) in [5.74, 6) is -0.215. The van der Waals surface area contributed by atoms with Crippen LogP contribution in [-0.4, -0.2) is 4.90 Å². The minimum atomic E-state index is -0.215.